The van der Waals surface area contributed by atoms with Crippen molar-refractivity contribution in [1.82, 2.24) is 10.3 Å². The Labute approximate surface area is 183 Å². The number of aromatic nitrogens is 1. The van der Waals surface area contributed by atoms with Crippen molar-refractivity contribution in [3.63, 3.8) is 0 Å². The van der Waals surface area contributed by atoms with Crippen molar-refractivity contribution in [2.45, 2.75) is 43.9 Å². The average molecular weight is 442 g/mol. The molecule has 0 atom stereocenters. The summed E-state index contributed by atoms with van der Waals surface area (Å²) in [5.74, 6) is -0.555. The second kappa shape index (κ2) is 9.43. The molecule has 0 spiro atoms. The molecule has 0 saturated heterocycles. The van der Waals surface area contributed by atoms with Gasteiger partial charge in [-0.3, -0.25) is 14.9 Å². The first-order chi connectivity index (χ1) is 15.0. The van der Waals surface area contributed by atoms with E-state index in [2.05, 4.69) is 15.6 Å². The van der Waals surface area contributed by atoms with Crippen molar-refractivity contribution in [3.8, 4) is 0 Å². The van der Waals surface area contributed by atoms with E-state index in [1.54, 1.807) is 17.5 Å². The van der Waals surface area contributed by atoms with Gasteiger partial charge in [0.05, 0.1) is 18.4 Å². The van der Waals surface area contributed by atoms with Crippen LogP contribution in [0.5, 0.6) is 0 Å². The number of nitrogens with one attached hydrogen (secondary N) is 2. The number of anilines is 1. The summed E-state index contributed by atoms with van der Waals surface area (Å²) in [5.41, 5.74) is 1.51. The molecule has 1 aromatic carbocycles. The molecule has 1 aliphatic carbocycles. The van der Waals surface area contributed by atoms with Gasteiger partial charge in [0.25, 0.3) is 5.91 Å². The zero-order chi connectivity index (χ0) is 21.7. The highest BCUT2D eigenvalue weighted by Crippen LogP contribution is 2.39. The van der Waals surface area contributed by atoms with Crippen LogP contribution in [0.1, 0.15) is 53.9 Å². The summed E-state index contributed by atoms with van der Waals surface area (Å²) in [6.45, 7) is 0.518. The number of benzene rings is 1. The van der Waals surface area contributed by atoms with Crippen LogP contribution in [0.15, 0.2) is 52.5 Å². The second-order valence-corrected chi connectivity index (χ2v) is 8.73. The minimum atomic E-state index is -0.381. The predicted octanol–water partition coefficient (Wildman–Crippen LogP) is 4.69. The normalized spacial score (nSPS) is 15.4. The third-order valence-corrected chi connectivity index (χ3v) is 6.56. The van der Waals surface area contributed by atoms with Gasteiger partial charge in [0.15, 0.2) is 10.9 Å². The van der Waals surface area contributed by atoms with Crippen LogP contribution < -0.4 is 10.6 Å². The number of amides is 2. The van der Waals surface area contributed by atoms with Crippen LogP contribution >= 0.6 is 11.3 Å². The molecule has 1 saturated carbocycles. The number of carbonyl (C=O) groups is 2. The molecule has 8 heteroatoms. The maximum absolute atomic E-state index is 13.4. The number of hydrogen-bond donors (Lipinski definition) is 2. The van der Waals surface area contributed by atoms with Crippen molar-refractivity contribution in [3.05, 3.63) is 70.9 Å². The Morgan fingerprint density at radius 1 is 1.13 bits per heavy atom. The third kappa shape index (κ3) is 5.19. The molecule has 162 valence electrons. The monoisotopic (exact) mass is 441 g/mol. The number of nitrogens with zero attached hydrogens (tertiary/aromatic N) is 1. The zero-order valence-electron chi connectivity index (χ0n) is 17.0. The minimum absolute atomic E-state index is 0.124. The van der Waals surface area contributed by atoms with Gasteiger partial charge in [-0.05, 0) is 42.7 Å². The van der Waals surface area contributed by atoms with E-state index in [9.17, 15) is 14.0 Å². The summed E-state index contributed by atoms with van der Waals surface area (Å²) in [7, 11) is 0. The Hall–Kier alpha value is -3.00. The van der Waals surface area contributed by atoms with Gasteiger partial charge in [0.2, 0.25) is 5.91 Å². The summed E-state index contributed by atoms with van der Waals surface area (Å²) in [4.78, 5) is 28.9. The molecule has 0 unspecified atom stereocenters. The molecule has 1 aliphatic rings. The highest BCUT2D eigenvalue weighted by atomic mass is 32.1. The van der Waals surface area contributed by atoms with Crippen molar-refractivity contribution in [2.75, 3.05) is 11.9 Å². The van der Waals surface area contributed by atoms with Crippen LogP contribution in [0.4, 0.5) is 9.52 Å². The van der Waals surface area contributed by atoms with Gasteiger partial charge in [0.1, 0.15) is 5.82 Å². The molecule has 31 heavy (non-hydrogen) atoms. The lowest BCUT2D eigenvalue weighted by Crippen LogP contribution is -2.42. The molecule has 6 nitrogen and oxygen atoms in total. The molecule has 2 N–H and O–H groups in total. The Morgan fingerprint density at radius 3 is 2.61 bits per heavy atom. The van der Waals surface area contributed by atoms with Crippen molar-refractivity contribution < 1.29 is 18.4 Å². The molecule has 0 bridgehead atoms. The SMILES string of the molecule is O=C(Cc1csc(NC(=O)c2ccco2)n1)NCC1(c2ccc(F)cc2)CCCCC1. The van der Waals surface area contributed by atoms with E-state index in [1.165, 1.54) is 36.2 Å². The Balaban J connectivity index is 1.35. The van der Waals surface area contributed by atoms with E-state index < -0.39 is 0 Å². The lowest BCUT2D eigenvalue weighted by molar-refractivity contribution is -0.120. The van der Waals surface area contributed by atoms with Crippen LogP contribution in [0.3, 0.4) is 0 Å². The molecule has 0 radical (unpaired) electrons. The smallest absolute Gasteiger partial charge is 0.293 e. The van der Waals surface area contributed by atoms with Crippen molar-refractivity contribution >= 4 is 28.3 Å². The molecule has 4 rings (SSSR count). The van der Waals surface area contributed by atoms with E-state index in [-0.39, 0.29) is 35.2 Å². The molecule has 2 aromatic heterocycles. The number of hydrogen-bond acceptors (Lipinski definition) is 5. The van der Waals surface area contributed by atoms with E-state index in [4.69, 9.17) is 4.42 Å². The Morgan fingerprint density at radius 2 is 1.90 bits per heavy atom. The summed E-state index contributed by atoms with van der Waals surface area (Å²) in [5, 5.41) is 7.90. The first kappa shape index (κ1) is 21.2. The largest absolute Gasteiger partial charge is 0.459 e. The quantitative estimate of drug-likeness (QED) is 0.557. The van der Waals surface area contributed by atoms with Gasteiger partial charge in [-0.15, -0.1) is 11.3 Å². The molecule has 2 heterocycles. The van der Waals surface area contributed by atoms with Crippen LogP contribution in [0.2, 0.25) is 0 Å². The fraction of sp³-hybridized carbons (Fsp3) is 0.348. The van der Waals surface area contributed by atoms with Gasteiger partial charge in [-0.25, -0.2) is 9.37 Å². The molecule has 3 aromatic rings. The summed E-state index contributed by atoms with van der Waals surface area (Å²) < 4.78 is 18.4. The lowest BCUT2D eigenvalue weighted by Gasteiger charge is -2.38. The summed E-state index contributed by atoms with van der Waals surface area (Å²) >= 11 is 1.26. The van der Waals surface area contributed by atoms with Crippen LogP contribution in [-0.2, 0) is 16.6 Å². The molecule has 1 fully saturated rings. The van der Waals surface area contributed by atoms with Gasteiger partial charge >= 0.3 is 0 Å². The number of rotatable bonds is 7. The standard InChI is InChI=1S/C23H24FN3O3S/c24-17-8-6-16(7-9-17)23(10-2-1-3-11-23)15-25-20(28)13-18-14-31-22(26-18)27-21(29)19-5-4-12-30-19/h4-9,12,14H,1-3,10-11,13,15H2,(H,25,28)(H,26,27,29). The lowest BCUT2D eigenvalue weighted by atomic mass is 9.69. The van der Waals surface area contributed by atoms with Gasteiger partial charge < -0.3 is 9.73 Å². The molecular formula is C23H24FN3O3S. The van der Waals surface area contributed by atoms with E-state index in [0.717, 1.165) is 31.2 Å². The van der Waals surface area contributed by atoms with Gasteiger partial charge in [-0.1, -0.05) is 31.4 Å². The third-order valence-electron chi connectivity index (χ3n) is 5.75. The van der Waals surface area contributed by atoms with Gasteiger partial charge in [0, 0.05) is 17.3 Å². The first-order valence-electron chi connectivity index (χ1n) is 10.4. The highest BCUT2D eigenvalue weighted by molar-refractivity contribution is 7.14. The highest BCUT2D eigenvalue weighted by Gasteiger charge is 2.34. The predicted molar refractivity (Wildman–Crippen MR) is 117 cm³/mol. The Kier molecular flexibility index (Phi) is 6.46. The maximum Gasteiger partial charge on any atom is 0.293 e. The van der Waals surface area contributed by atoms with Crippen LogP contribution in [-0.4, -0.2) is 23.3 Å². The fourth-order valence-electron chi connectivity index (χ4n) is 4.11. The second-order valence-electron chi connectivity index (χ2n) is 7.88. The van der Waals surface area contributed by atoms with E-state index in [0.29, 0.717) is 17.4 Å². The van der Waals surface area contributed by atoms with E-state index in [1.807, 2.05) is 12.1 Å². The molecular weight excluding hydrogens is 417 g/mol. The van der Waals surface area contributed by atoms with E-state index >= 15 is 0 Å². The minimum Gasteiger partial charge on any atom is -0.459 e. The summed E-state index contributed by atoms with van der Waals surface area (Å²) in [6, 6.07) is 9.85. The summed E-state index contributed by atoms with van der Waals surface area (Å²) in [6.07, 6.45) is 6.87. The number of furan rings is 1. The molecule has 0 aliphatic heterocycles. The van der Waals surface area contributed by atoms with Crippen LogP contribution in [0.25, 0.3) is 0 Å². The zero-order valence-corrected chi connectivity index (χ0v) is 17.8. The number of halogens is 1. The molecule has 2 amide bonds. The maximum atomic E-state index is 13.4. The van der Waals surface area contributed by atoms with Crippen LogP contribution in [0, 0.1) is 5.82 Å². The number of carbonyl (C=O) groups excluding carboxylic acids is 2. The number of thiazole rings is 1. The first-order valence-corrected chi connectivity index (χ1v) is 11.2. The fourth-order valence-corrected chi connectivity index (χ4v) is 4.81. The van der Waals surface area contributed by atoms with Crippen molar-refractivity contribution in [1.29, 1.82) is 0 Å². The topological polar surface area (TPSA) is 84.2 Å². The van der Waals surface area contributed by atoms with Crippen molar-refractivity contribution in [2.24, 2.45) is 0 Å². The average Bonchev–Trinajstić information content (AvgIpc) is 3.46. The van der Waals surface area contributed by atoms with Gasteiger partial charge in [-0.2, -0.15) is 0 Å². The Bertz CT molecular complexity index is 1020.